The number of anilines is 1. The third-order valence-corrected chi connectivity index (χ3v) is 2.90. The number of pyridine rings is 1. The summed E-state index contributed by atoms with van der Waals surface area (Å²) < 4.78 is 23.6. The van der Waals surface area contributed by atoms with Crippen LogP contribution in [0.3, 0.4) is 0 Å². The SMILES string of the molecule is [2H]c1nc(N2CCCC(C)C2)c([2H])c(Br)c1[2H]. The molecule has 0 radical (unpaired) electrons. The van der Waals surface area contributed by atoms with Gasteiger partial charge in [-0.2, -0.15) is 0 Å². The van der Waals surface area contributed by atoms with Crippen LogP contribution in [0.15, 0.2) is 22.7 Å². The fraction of sp³-hybridized carbons (Fsp3) is 0.545. The fourth-order valence-corrected chi connectivity index (χ4v) is 2.08. The molecule has 0 saturated carbocycles. The molecule has 1 aromatic heterocycles. The molecule has 1 aliphatic rings. The van der Waals surface area contributed by atoms with E-state index in [0.717, 1.165) is 19.5 Å². The summed E-state index contributed by atoms with van der Waals surface area (Å²) in [6.07, 6.45) is 2.23. The second kappa shape index (κ2) is 4.30. The first-order valence-electron chi connectivity index (χ1n) is 6.39. The Kier molecular flexibility index (Phi) is 2.10. The quantitative estimate of drug-likeness (QED) is 0.769. The molecule has 0 N–H and O–H groups in total. The zero-order valence-corrected chi connectivity index (χ0v) is 9.76. The first-order chi connectivity index (χ1) is 8.00. The van der Waals surface area contributed by atoms with Crippen molar-refractivity contribution in [2.75, 3.05) is 18.0 Å². The van der Waals surface area contributed by atoms with E-state index in [2.05, 4.69) is 32.7 Å². The number of rotatable bonds is 1. The van der Waals surface area contributed by atoms with E-state index in [4.69, 9.17) is 4.11 Å². The molecule has 2 nitrogen and oxygen atoms in total. The largest absolute Gasteiger partial charge is 0.356 e. The van der Waals surface area contributed by atoms with Crippen molar-refractivity contribution in [2.45, 2.75) is 19.8 Å². The third-order valence-electron chi connectivity index (χ3n) is 2.51. The van der Waals surface area contributed by atoms with E-state index in [1.165, 1.54) is 6.42 Å². The van der Waals surface area contributed by atoms with Crippen molar-refractivity contribution < 1.29 is 4.11 Å². The summed E-state index contributed by atoms with van der Waals surface area (Å²) in [7, 11) is 0. The Hall–Kier alpha value is -0.570. The lowest BCUT2D eigenvalue weighted by Gasteiger charge is -2.31. The highest BCUT2D eigenvalue weighted by Gasteiger charge is 2.17. The monoisotopic (exact) mass is 257 g/mol. The van der Waals surface area contributed by atoms with Crippen molar-refractivity contribution in [1.82, 2.24) is 4.98 Å². The molecular weight excluding hydrogens is 240 g/mol. The first-order valence-corrected chi connectivity index (χ1v) is 5.68. The van der Waals surface area contributed by atoms with Crippen LogP contribution in [0, 0.1) is 5.92 Å². The van der Waals surface area contributed by atoms with Crippen LogP contribution >= 0.6 is 15.9 Å². The second-order valence-corrected chi connectivity index (χ2v) is 4.60. The van der Waals surface area contributed by atoms with Crippen molar-refractivity contribution in [3.05, 3.63) is 22.7 Å². The van der Waals surface area contributed by atoms with Crippen molar-refractivity contribution in [3.8, 4) is 0 Å². The van der Waals surface area contributed by atoms with Crippen LogP contribution in [0.25, 0.3) is 0 Å². The van der Waals surface area contributed by atoms with E-state index < -0.39 is 0 Å². The molecule has 3 heteroatoms. The number of hydrogen-bond donors (Lipinski definition) is 0. The zero-order valence-electron chi connectivity index (χ0n) is 11.2. The van der Waals surface area contributed by atoms with Gasteiger partial charge in [0.05, 0.1) is 4.11 Å². The summed E-state index contributed by atoms with van der Waals surface area (Å²) in [5.74, 6) is 1.12. The van der Waals surface area contributed by atoms with E-state index in [1.807, 2.05) is 0 Å². The van der Waals surface area contributed by atoms with Crippen LogP contribution in [0.1, 0.15) is 23.9 Å². The highest BCUT2D eigenvalue weighted by Crippen LogP contribution is 2.23. The van der Waals surface area contributed by atoms with Gasteiger partial charge in [0, 0.05) is 23.7 Å². The molecule has 2 rings (SSSR count). The molecule has 1 atom stereocenters. The Balaban J connectivity index is 2.38. The van der Waals surface area contributed by atoms with Gasteiger partial charge in [0.25, 0.3) is 0 Å². The van der Waals surface area contributed by atoms with Gasteiger partial charge in [-0.3, -0.25) is 0 Å². The Morgan fingerprint density at radius 3 is 3.36 bits per heavy atom. The summed E-state index contributed by atoms with van der Waals surface area (Å²) >= 11 is 3.20. The number of nitrogens with zero attached hydrogens (tertiary/aromatic N) is 2. The minimum absolute atomic E-state index is 0.0104. The molecule has 0 aromatic carbocycles. The zero-order chi connectivity index (χ0) is 12.6. The maximum atomic E-state index is 7.98. The van der Waals surface area contributed by atoms with E-state index in [9.17, 15) is 0 Å². The molecule has 0 aliphatic carbocycles. The average molecular weight is 258 g/mol. The molecule has 0 bridgehead atoms. The Bertz CT molecular complexity index is 439. The molecule has 1 unspecified atom stereocenters. The van der Waals surface area contributed by atoms with Gasteiger partial charge in [0.2, 0.25) is 0 Å². The third kappa shape index (κ3) is 2.27. The van der Waals surface area contributed by atoms with Crippen molar-refractivity contribution in [2.24, 2.45) is 5.92 Å². The van der Waals surface area contributed by atoms with Gasteiger partial charge in [-0.05, 0) is 30.8 Å². The van der Waals surface area contributed by atoms with Crippen LogP contribution in [0.4, 0.5) is 5.82 Å². The van der Waals surface area contributed by atoms with Gasteiger partial charge in [-0.25, -0.2) is 4.98 Å². The molecule has 76 valence electrons. The number of hydrogen-bond acceptors (Lipinski definition) is 2. The van der Waals surface area contributed by atoms with E-state index in [0.29, 0.717) is 16.2 Å². The molecule has 1 fully saturated rings. The molecule has 2 heterocycles. The lowest BCUT2D eigenvalue weighted by Crippen LogP contribution is -2.34. The van der Waals surface area contributed by atoms with Crippen molar-refractivity contribution >= 4 is 21.7 Å². The molecule has 14 heavy (non-hydrogen) atoms. The highest BCUT2D eigenvalue weighted by molar-refractivity contribution is 9.10. The molecule has 1 aliphatic heterocycles. The van der Waals surface area contributed by atoms with Gasteiger partial charge in [-0.15, -0.1) is 0 Å². The normalized spacial score (nSPS) is 25.4. The second-order valence-electron chi connectivity index (χ2n) is 3.80. The number of piperidine rings is 1. The summed E-state index contributed by atoms with van der Waals surface area (Å²) in [6, 6.07) is 0.212. The van der Waals surface area contributed by atoms with Gasteiger partial charge >= 0.3 is 0 Å². The molecule has 1 saturated heterocycles. The number of halogens is 1. The minimum atomic E-state index is -0.0684. The van der Waals surface area contributed by atoms with Gasteiger partial charge in [-0.1, -0.05) is 22.9 Å². The Morgan fingerprint density at radius 2 is 2.57 bits per heavy atom. The van der Waals surface area contributed by atoms with E-state index >= 15 is 0 Å². The molecular formula is C11H15BrN2. The maximum absolute atomic E-state index is 7.98. The van der Waals surface area contributed by atoms with E-state index in [1.54, 1.807) is 0 Å². The molecule has 0 spiro atoms. The lowest BCUT2D eigenvalue weighted by molar-refractivity contribution is 0.444. The minimum Gasteiger partial charge on any atom is -0.356 e. The smallest absolute Gasteiger partial charge is 0.129 e. The maximum Gasteiger partial charge on any atom is 0.129 e. The summed E-state index contributed by atoms with van der Waals surface area (Å²) in [4.78, 5) is 6.13. The first kappa shape index (κ1) is 6.83. The van der Waals surface area contributed by atoms with Crippen LogP contribution in [-0.4, -0.2) is 18.1 Å². The lowest BCUT2D eigenvalue weighted by atomic mass is 10.0. The van der Waals surface area contributed by atoms with Gasteiger partial charge < -0.3 is 4.90 Å². The predicted molar refractivity (Wildman–Crippen MR) is 62.5 cm³/mol. The van der Waals surface area contributed by atoms with Gasteiger partial charge in [0.15, 0.2) is 0 Å². The molecule has 1 aromatic rings. The van der Waals surface area contributed by atoms with E-state index in [-0.39, 0.29) is 18.3 Å². The Morgan fingerprint density at radius 1 is 1.71 bits per heavy atom. The average Bonchev–Trinajstić information content (AvgIpc) is 2.31. The topological polar surface area (TPSA) is 16.1 Å². The van der Waals surface area contributed by atoms with Gasteiger partial charge in [0.1, 0.15) is 5.82 Å². The summed E-state index contributed by atoms with van der Waals surface area (Å²) in [5, 5.41) is 0. The van der Waals surface area contributed by atoms with Crippen LogP contribution < -0.4 is 4.90 Å². The number of aromatic nitrogens is 1. The molecule has 0 amide bonds. The highest BCUT2D eigenvalue weighted by atomic mass is 79.9. The summed E-state index contributed by atoms with van der Waals surface area (Å²) in [6.45, 7) is 3.94. The Labute approximate surface area is 97.7 Å². The van der Waals surface area contributed by atoms with Crippen molar-refractivity contribution in [3.63, 3.8) is 0 Å². The van der Waals surface area contributed by atoms with Crippen LogP contribution in [-0.2, 0) is 0 Å². The standard InChI is InChI=1S/C11H15BrN2/c1-9-3-2-6-14(8-9)11-7-10(12)4-5-13-11/h4-5,7,9H,2-3,6,8H2,1H3/i4D,5D,7D. The van der Waals surface area contributed by atoms with Crippen molar-refractivity contribution in [1.29, 1.82) is 0 Å². The predicted octanol–water partition coefficient (Wildman–Crippen LogP) is 3.08. The fourth-order valence-electron chi connectivity index (χ4n) is 1.82. The van der Waals surface area contributed by atoms with Crippen LogP contribution in [0.5, 0.6) is 0 Å². The summed E-state index contributed by atoms with van der Waals surface area (Å²) in [5.41, 5.74) is 0. The van der Waals surface area contributed by atoms with Crippen LogP contribution in [0.2, 0.25) is 0 Å².